The number of nitrogens with one attached hydrogen (secondary N) is 1. The summed E-state index contributed by atoms with van der Waals surface area (Å²) in [7, 11) is 1.82. The average Bonchev–Trinajstić information content (AvgIpc) is 2.95. The van der Waals surface area contributed by atoms with Crippen LogP contribution in [0.15, 0.2) is 11.6 Å². The van der Waals surface area contributed by atoms with Crippen molar-refractivity contribution in [2.75, 3.05) is 20.1 Å². The van der Waals surface area contributed by atoms with Gasteiger partial charge in [0, 0.05) is 18.6 Å². The molecule has 5 heteroatoms. The third-order valence-corrected chi connectivity index (χ3v) is 3.45. The third kappa shape index (κ3) is 3.57. The summed E-state index contributed by atoms with van der Waals surface area (Å²) < 4.78 is 0. The highest BCUT2D eigenvalue weighted by atomic mass is 32.1. The zero-order valence-electron chi connectivity index (χ0n) is 9.48. The summed E-state index contributed by atoms with van der Waals surface area (Å²) >= 11 is 1.58. The molecule has 1 fully saturated rings. The number of likely N-dealkylation sites (N-methyl/N-ethyl adjacent to an activating group) is 1. The van der Waals surface area contributed by atoms with Crippen molar-refractivity contribution in [3.8, 4) is 0 Å². The van der Waals surface area contributed by atoms with E-state index in [0.717, 1.165) is 17.5 Å². The number of nitrogens with zero attached hydrogens (tertiary/aromatic N) is 2. The Labute approximate surface area is 99.7 Å². The number of aromatic nitrogens is 1. The summed E-state index contributed by atoms with van der Waals surface area (Å²) in [5, 5.41) is 6.11. The highest BCUT2D eigenvalue weighted by Gasteiger charge is 2.21. The van der Waals surface area contributed by atoms with Gasteiger partial charge in [-0.3, -0.25) is 4.79 Å². The van der Waals surface area contributed by atoms with Crippen molar-refractivity contribution in [2.24, 2.45) is 5.92 Å². The molecule has 4 nitrogen and oxygen atoms in total. The second-order valence-electron chi connectivity index (χ2n) is 4.25. The Bertz CT molecular complexity index is 335. The Morgan fingerprint density at radius 3 is 3.12 bits per heavy atom. The maximum atomic E-state index is 11.7. The Morgan fingerprint density at radius 2 is 2.50 bits per heavy atom. The fraction of sp³-hybridized carbons (Fsp3) is 0.636. The van der Waals surface area contributed by atoms with E-state index in [0.29, 0.717) is 13.1 Å². The molecule has 0 saturated heterocycles. The van der Waals surface area contributed by atoms with Crippen LogP contribution in [-0.4, -0.2) is 35.9 Å². The molecule has 1 amide bonds. The van der Waals surface area contributed by atoms with Gasteiger partial charge in [-0.25, -0.2) is 4.98 Å². The lowest BCUT2D eigenvalue weighted by Crippen LogP contribution is -2.35. The summed E-state index contributed by atoms with van der Waals surface area (Å²) in [6, 6.07) is 0. The standard InChI is InChI=1S/C11H17N3OS/c1-14(8-10-13-4-5-16-10)11(15)7-12-6-9-2-3-9/h4-5,9,12H,2-3,6-8H2,1H3. The maximum absolute atomic E-state index is 11.7. The van der Waals surface area contributed by atoms with Gasteiger partial charge in [-0.15, -0.1) is 11.3 Å². The maximum Gasteiger partial charge on any atom is 0.236 e. The van der Waals surface area contributed by atoms with Crippen LogP contribution in [0.5, 0.6) is 0 Å². The fourth-order valence-corrected chi connectivity index (χ4v) is 2.13. The van der Waals surface area contributed by atoms with Crippen LogP contribution in [0.4, 0.5) is 0 Å². The van der Waals surface area contributed by atoms with Gasteiger partial charge in [0.15, 0.2) is 0 Å². The van der Waals surface area contributed by atoms with Gasteiger partial charge in [0.1, 0.15) is 5.01 Å². The van der Waals surface area contributed by atoms with Crippen molar-refractivity contribution in [3.05, 3.63) is 16.6 Å². The van der Waals surface area contributed by atoms with Crippen LogP contribution in [0, 0.1) is 5.92 Å². The van der Waals surface area contributed by atoms with E-state index in [9.17, 15) is 4.79 Å². The summed E-state index contributed by atoms with van der Waals surface area (Å²) in [6.07, 6.45) is 4.40. The van der Waals surface area contributed by atoms with Crippen LogP contribution >= 0.6 is 11.3 Å². The number of rotatable bonds is 6. The quantitative estimate of drug-likeness (QED) is 0.808. The van der Waals surface area contributed by atoms with Crippen LogP contribution in [0.2, 0.25) is 0 Å². The minimum absolute atomic E-state index is 0.135. The zero-order chi connectivity index (χ0) is 11.4. The molecule has 1 heterocycles. The van der Waals surface area contributed by atoms with Gasteiger partial charge < -0.3 is 10.2 Å². The number of hydrogen-bond donors (Lipinski definition) is 1. The molecular weight excluding hydrogens is 222 g/mol. The lowest BCUT2D eigenvalue weighted by atomic mass is 10.4. The molecule has 1 aromatic heterocycles. The van der Waals surface area contributed by atoms with E-state index in [1.54, 1.807) is 22.4 Å². The molecule has 16 heavy (non-hydrogen) atoms. The Hall–Kier alpha value is -0.940. The van der Waals surface area contributed by atoms with Crippen molar-refractivity contribution in [1.29, 1.82) is 0 Å². The molecule has 2 rings (SSSR count). The first kappa shape index (κ1) is 11.5. The van der Waals surface area contributed by atoms with Crippen LogP contribution in [-0.2, 0) is 11.3 Å². The third-order valence-electron chi connectivity index (χ3n) is 2.69. The van der Waals surface area contributed by atoms with E-state index in [-0.39, 0.29) is 5.91 Å². The Kier molecular flexibility index (Phi) is 3.90. The van der Waals surface area contributed by atoms with Crippen molar-refractivity contribution < 1.29 is 4.79 Å². The van der Waals surface area contributed by atoms with Crippen molar-refractivity contribution in [1.82, 2.24) is 15.2 Å². The Balaban J connectivity index is 1.66. The highest BCUT2D eigenvalue weighted by molar-refractivity contribution is 7.09. The largest absolute Gasteiger partial charge is 0.338 e. The first-order valence-corrected chi connectivity index (χ1v) is 6.46. The number of hydrogen-bond acceptors (Lipinski definition) is 4. The summed E-state index contributed by atoms with van der Waals surface area (Å²) in [6.45, 7) is 2.04. The topological polar surface area (TPSA) is 45.2 Å². The van der Waals surface area contributed by atoms with E-state index >= 15 is 0 Å². The summed E-state index contributed by atoms with van der Waals surface area (Å²) in [5.74, 6) is 0.952. The molecule has 0 aliphatic heterocycles. The van der Waals surface area contributed by atoms with Gasteiger partial charge >= 0.3 is 0 Å². The predicted molar refractivity (Wildman–Crippen MR) is 64.2 cm³/mol. The molecule has 88 valence electrons. The normalized spacial score (nSPS) is 15.1. The van der Waals surface area contributed by atoms with Crippen LogP contribution in [0.1, 0.15) is 17.8 Å². The molecule has 1 N–H and O–H groups in total. The van der Waals surface area contributed by atoms with Gasteiger partial charge in [-0.2, -0.15) is 0 Å². The minimum Gasteiger partial charge on any atom is -0.338 e. The lowest BCUT2D eigenvalue weighted by Gasteiger charge is -2.15. The average molecular weight is 239 g/mol. The highest BCUT2D eigenvalue weighted by Crippen LogP contribution is 2.27. The second-order valence-corrected chi connectivity index (χ2v) is 5.23. The molecule has 0 atom stereocenters. The SMILES string of the molecule is CN(Cc1nccs1)C(=O)CNCC1CC1. The molecule has 0 spiro atoms. The monoisotopic (exact) mass is 239 g/mol. The number of carbonyl (C=O) groups excluding carboxylic acids is 1. The first-order valence-electron chi connectivity index (χ1n) is 5.59. The molecular formula is C11H17N3OS. The van der Waals surface area contributed by atoms with Gasteiger partial charge in [0.25, 0.3) is 0 Å². The fourth-order valence-electron chi connectivity index (χ4n) is 1.46. The first-order chi connectivity index (χ1) is 7.75. The zero-order valence-corrected chi connectivity index (χ0v) is 10.3. The molecule has 1 aromatic rings. The lowest BCUT2D eigenvalue weighted by molar-refractivity contribution is -0.129. The molecule has 0 radical (unpaired) electrons. The number of amides is 1. The second kappa shape index (κ2) is 5.41. The molecule has 1 aliphatic carbocycles. The van der Waals surface area contributed by atoms with E-state index in [4.69, 9.17) is 0 Å². The van der Waals surface area contributed by atoms with Crippen molar-refractivity contribution in [3.63, 3.8) is 0 Å². The molecule has 0 aromatic carbocycles. The van der Waals surface area contributed by atoms with E-state index in [1.165, 1.54) is 12.8 Å². The number of carbonyl (C=O) groups is 1. The predicted octanol–water partition coefficient (Wildman–Crippen LogP) is 1.10. The molecule has 0 bridgehead atoms. The van der Waals surface area contributed by atoms with Gasteiger partial charge in [-0.1, -0.05) is 0 Å². The van der Waals surface area contributed by atoms with E-state index in [1.807, 2.05) is 12.4 Å². The van der Waals surface area contributed by atoms with E-state index < -0.39 is 0 Å². The molecule has 1 aliphatic rings. The summed E-state index contributed by atoms with van der Waals surface area (Å²) in [5.41, 5.74) is 0. The van der Waals surface area contributed by atoms with Crippen molar-refractivity contribution >= 4 is 17.2 Å². The molecule has 0 unspecified atom stereocenters. The van der Waals surface area contributed by atoms with E-state index in [2.05, 4.69) is 10.3 Å². The van der Waals surface area contributed by atoms with Crippen LogP contribution in [0.25, 0.3) is 0 Å². The van der Waals surface area contributed by atoms with Crippen molar-refractivity contribution in [2.45, 2.75) is 19.4 Å². The molecule has 1 saturated carbocycles. The van der Waals surface area contributed by atoms with Gasteiger partial charge in [0.2, 0.25) is 5.91 Å². The van der Waals surface area contributed by atoms with Crippen LogP contribution in [0.3, 0.4) is 0 Å². The Morgan fingerprint density at radius 1 is 1.69 bits per heavy atom. The summed E-state index contributed by atoms with van der Waals surface area (Å²) in [4.78, 5) is 17.6. The van der Waals surface area contributed by atoms with Gasteiger partial charge in [0.05, 0.1) is 13.1 Å². The smallest absolute Gasteiger partial charge is 0.236 e. The van der Waals surface area contributed by atoms with Crippen LogP contribution < -0.4 is 5.32 Å². The minimum atomic E-state index is 0.135. The number of thiazole rings is 1. The van der Waals surface area contributed by atoms with Gasteiger partial charge in [-0.05, 0) is 25.3 Å².